The number of aryl methyl sites for hydroxylation is 1. The molecule has 1 saturated heterocycles. The number of nitrogens with zero attached hydrogens (tertiary/aromatic N) is 2. The van der Waals surface area contributed by atoms with Crippen LogP contribution in [-0.4, -0.2) is 42.7 Å². The highest BCUT2D eigenvalue weighted by molar-refractivity contribution is 5.26. The first-order valence-electron chi connectivity index (χ1n) is 8.19. The number of hydrogen-bond acceptors (Lipinski definition) is 4. The van der Waals surface area contributed by atoms with Gasteiger partial charge in [0.05, 0.1) is 12.8 Å². The maximum Gasteiger partial charge on any atom is 0.122 e. The van der Waals surface area contributed by atoms with E-state index in [-0.39, 0.29) is 0 Å². The Morgan fingerprint density at radius 1 is 1.38 bits per heavy atom. The Morgan fingerprint density at radius 3 is 3.00 bits per heavy atom. The Labute approximate surface area is 128 Å². The molecule has 1 N–H and O–H groups in total. The molecule has 1 fully saturated rings. The van der Waals surface area contributed by atoms with Crippen molar-refractivity contribution in [3.05, 3.63) is 23.5 Å². The molecular formula is C17H29N3O. The van der Waals surface area contributed by atoms with Crippen molar-refractivity contribution in [1.29, 1.82) is 0 Å². The van der Waals surface area contributed by atoms with Gasteiger partial charge in [0.2, 0.25) is 0 Å². The molecule has 0 amide bonds. The molecule has 0 bridgehead atoms. The maximum absolute atomic E-state index is 5.36. The molecule has 0 aromatic carbocycles. The normalized spacial score (nSPS) is 19.7. The van der Waals surface area contributed by atoms with Gasteiger partial charge in [-0.1, -0.05) is 13.3 Å². The summed E-state index contributed by atoms with van der Waals surface area (Å²) in [6.07, 6.45) is 5.13. The van der Waals surface area contributed by atoms with Crippen LogP contribution in [-0.2, 0) is 6.54 Å². The third kappa shape index (κ3) is 4.97. The Bertz CT molecular complexity index is 436. The summed E-state index contributed by atoms with van der Waals surface area (Å²) in [5.41, 5.74) is 2.15. The summed E-state index contributed by atoms with van der Waals surface area (Å²) in [6, 6.07) is 4.69. The monoisotopic (exact) mass is 291 g/mol. The Balaban J connectivity index is 1.99. The topological polar surface area (TPSA) is 37.4 Å². The van der Waals surface area contributed by atoms with E-state index in [9.17, 15) is 0 Å². The van der Waals surface area contributed by atoms with Gasteiger partial charge in [0, 0.05) is 37.0 Å². The first-order chi connectivity index (χ1) is 10.2. The van der Waals surface area contributed by atoms with Crippen molar-refractivity contribution < 1.29 is 4.74 Å². The lowest BCUT2D eigenvalue weighted by molar-refractivity contribution is 0.136. The van der Waals surface area contributed by atoms with Gasteiger partial charge in [0.25, 0.3) is 0 Å². The molecule has 4 nitrogen and oxygen atoms in total. The van der Waals surface area contributed by atoms with Crippen LogP contribution in [0.15, 0.2) is 12.1 Å². The predicted molar refractivity (Wildman–Crippen MR) is 86.7 cm³/mol. The molecular weight excluding hydrogens is 262 g/mol. The van der Waals surface area contributed by atoms with E-state index in [2.05, 4.69) is 28.2 Å². The number of methoxy groups -OCH3 is 1. The van der Waals surface area contributed by atoms with Crippen LogP contribution in [0.2, 0.25) is 0 Å². The first-order valence-corrected chi connectivity index (χ1v) is 8.19. The van der Waals surface area contributed by atoms with Crippen molar-refractivity contribution in [1.82, 2.24) is 15.2 Å². The fourth-order valence-electron chi connectivity index (χ4n) is 3.05. The zero-order chi connectivity index (χ0) is 15.1. The van der Waals surface area contributed by atoms with Crippen LogP contribution in [0.25, 0.3) is 0 Å². The van der Waals surface area contributed by atoms with E-state index in [0.29, 0.717) is 6.04 Å². The maximum atomic E-state index is 5.36. The van der Waals surface area contributed by atoms with E-state index in [1.165, 1.54) is 32.2 Å². The van der Waals surface area contributed by atoms with Crippen LogP contribution < -0.4 is 10.1 Å². The van der Waals surface area contributed by atoms with Crippen molar-refractivity contribution in [2.75, 3.05) is 26.7 Å². The number of ether oxygens (including phenoxy) is 1. The van der Waals surface area contributed by atoms with E-state index in [4.69, 9.17) is 4.74 Å². The summed E-state index contributed by atoms with van der Waals surface area (Å²) in [7, 11) is 1.72. The van der Waals surface area contributed by atoms with Gasteiger partial charge in [0.15, 0.2) is 0 Å². The smallest absolute Gasteiger partial charge is 0.122 e. The van der Waals surface area contributed by atoms with Crippen molar-refractivity contribution >= 4 is 0 Å². The number of nitrogens with one attached hydrogen (secondary N) is 1. The van der Waals surface area contributed by atoms with Gasteiger partial charge in [-0.15, -0.1) is 0 Å². The van der Waals surface area contributed by atoms with Crippen molar-refractivity contribution in [3.63, 3.8) is 0 Å². The van der Waals surface area contributed by atoms with Crippen LogP contribution in [0.1, 0.15) is 44.0 Å². The molecule has 4 heteroatoms. The zero-order valence-corrected chi connectivity index (χ0v) is 13.7. The molecule has 2 heterocycles. The molecule has 1 aromatic rings. The minimum absolute atomic E-state index is 0.638. The van der Waals surface area contributed by atoms with Crippen LogP contribution in [0.4, 0.5) is 0 Å². The lowest BCUT2D eigenvalue weighted by Crippen LogP contribution is -2.45. The van der Waals surface area contributed by atoms with E-state index in [0.717, 1.165) is 36.8 Å². The standard InChI is InChI=1S/C17H29N3O/c1-4-8-18-12-16-7-5-6-9-20(16)13-15-11-17(21-3)10-14(2)19-15/h10-11,16,18H,4-9,12-13H2,1-3H3. The van der Waals surface area contributed by atoms with E-state index in [1.54, 1.807) is 7.11 Å². The highest BCUT2D eigenvalue weighted by atomic mass is 16.5. The minimum Gasteiger partial charge on any atom is -0.497 e. The fourth-order valence-corrected chi connectivity index (χ4v) is 3.05. The number of pyridine rings is 1. The third-order valence-corrected chi connectivity index (χ3v) is 4.14. The van der Waals surface area contributed by atoms with E-state index < -0.39 is 0 Å². The van der Waals surface area contributed by atoms with Gasteiger partial charge in [0.1, 0.15) is 5.75 Å². The predicted octanol–water partition coefficient (Wildman–Crippen LogP) is 2.75. The number of likely N-dealkylation sites (tertiary alicyclic amines) is 1. The largest absolute Gasteiger partial charge is 0.497 e. The van der Waals surface area contributed by atoms with E-state index in [1.807, 2.05) is 13.0 Å². The van der Waals surface area contributed by atoms with Gasteiger partial charge in [-0.2, -0.15) is 0 Å². The Hall–Kier alpha value is -1.13. The van der Waals surface area contributed by atoms with Crippen molar-refractivity contribution in [2.24, 2.45) is 0 Å². The van der Waals surface area contributed by atoms with Crippen LogP contribution in [0.3, 0.4) is 0 Å². The molecule has 1 aromatic heterocycles. The minimum atomic E-state index is 0.638. The average Bonchev–Trinajstić information content (AvgIpc) is 2.48. The van der Waals surface area contributed by atoms with Crippen molar-refractivity contribution in [3.8, 4) is 5.75 Å². The molecule has 0 spiro atoms. The molecule has 1 atom stereocenters. The number of piperidine rings is 1. The molecule has 0 saturated carbocycles. The lowest BCUT2D eigenvalue weighted by Gasteiger charge is -2.35. The Kier molecular flexibility index (Phi) is 6.46. The SMILES string of the molecule is CCCNCC1CCCCN1Cc1cc(OC)cc(C)n1. The third-order valence-electron chi connectivity index (χ3n) is 4.14. The number of hydrogen-bond donors (Lipinski definition) is 1. The molecule has 2 rings (SSSR count). The molecule has 118 valence electrons. The summed E-state index contributed by atoms with van der Waals surface area (Å²) in [5.74, 6) is 0.912. The van der Waals surface area contributed by atoms with Crippen molar-refractivity contribution in [2.45, 2.75) is 52.1 Å². The van der Waals surface area contributed by atoms with Gasteiger partial charge in [-0.05, 0) is 39.3 Å². The fraction of sp³-hybridized carbons (Fsp3) is 0.706. The summed E-state index contributed by atoms with van der Waals surface area (Å²) >= 11 is 0. The molecule has 1 aliphatic heterocycles. The van der Waals surface area contributed by atoms with Gasteiger partial charge in [-0.25, -0.2) is 0 Å². The highest BCUT2D eigenvalue weighted by Gasteiger charge is 2.22. The molecule has 21 heavy (non-hydrogen) atoms. The molecule has 1 aliphatic rings. The van der Waals surface area contributed by atoms with E-state index >= 15 is 0 Å². The zero-order valence-electron chi connectivity index (χ0n) is 13.7. The summed E-state index contributed by atoms with van der Waals surface area (Å²) < 4.78 is 5.36. The van der Waals surface area contributed by atoms with Crippen LogP contribution >= 0.6 is 0 Å². The second-order valence-electron chi connectivity index (χ2n) is 5.96. The summed E-state index contributed by atoms with van der Waals surface area (Å²) in [5, 5.41) is 3.57. The Morgan fingerprint density at radius 2 is 2.24 bits per heavy atom. The first kappa shape index (κ1) is 16.2. The van der Waals surface area contributed by atoms with Gasteiger partial charge in [-0.3, -0.25) is 9.88 Å². The lowest BCUT2D eigenvalue weighted by atomic mass is 10.0. The van der Waals surface area contributed by atoms with Crippen LogP contribution in [0.5, 0.6) is 5.75 Å². The second-order valence-corrected chi connectivity index (χ2v) is 5.96. The quantitative estimate of drug-likeness (QED) is 0.784. The molecule has 0 aliphatic carbocycles. The average molecular weight is 291 g/mol. The summed E-state index contributed by atoms with van der Waals surface area (Å²) in [6.45, 7) is 8.56. The number of rotatable bonds is 7. The van der Waals surface area contributed by atoms with Gasteiger partial charge < -0.3 is 10.1 Å². The summed E-state index contributed by atoms with van der Waals surface area (Å²) in [4.78, 5) is 7.24. The van der Waals surface area contributed by atoms with Crippen LogP contribution in [0, 0.1) is 6.92 Å². The highest BCUT2D eigenvalue weighted by Crippen LogP contribution is 2.21. The number of aromatic nitrogens is 1. The molecule has 1 unspecified atom stereocenters. The second kappa shape index (κ2) is 8.35. The molecule has 0 radical (unpaired) electrons. The van der Waals surface area contributed by atoms with Gasteiger partial charge >= 0.3 is 0 Å².